The molecule has 0 unspecified atom stereocenters. The van der Waals surface area contributed by atoms with Gasteiger partial charge in [0.15, 0.2) is 5.84 Å². The molecule has 0 aliphatic carbocycles. The number of oxime groups is 1. The number of rotatable bonds is 6. The summed E-state index contributed by atoms with van der Waals surface area (Å²) in [5.41, 5.74) is 5.68. The fraction of sp³-hybridized carbons (Fsp3) is 0.417. The minimum absolute atomic E-state index is 0.110. The van der Waals surface area contributed by atoms with E-state index in [0.29, 0.717) is 0 Å². The van der Waals surface area contributed by atoms with Crippen molar-refractivity contribution in [3.8, 4) is 0 Å². The third-order valence-electron chi connectivity index (χ3n) is 2.46. The van der Waals surface area contributed by atoms with Gasteiger partial charge < -0.3 is 15.7 Å². The molecule has 0 saturated carbocycles. The van der Waals surface area contributed by atoms with Gasteiger partial charge in [0.1, 0.15) is 5.82 Å². The predicted molar refractivity (Wildman–Crippen MR) is 63.9 cm³/mol. The SMILES string of the molecule is N/C(=N/O)c1ccc(COCCCC(F)(F)F)c(F)c1. The van der Waals surface area contributed by atoms with Gasteiger partial charge >= 0.3 is 6.18 Å². The molecule has 0 bridgehead atoms. The molecule has 0 aliphatic heterocycles. The van der Waals surface area contributed by atoms with E-state index < -0.39 is 18.4 Å². The highest BCUT2D eigenvalue weighted by Crippen LogP contribution is 2.21. The largest absolute Gasteiger partial charge is 0.409 e. The molecule has 4 nitrogen and oxygen atoms in total. The molecule has 112 valence electrons. The maximum atomic E-state index is 13.6. The zero-order valence-corrected chi connectivity index (χ0v) is 10.5. The van der Waals surface area contributed by atoms with Crippen molar-refractivity contribution in [3.05, 3.63) is 35.1 Å². The Morgan fingerprint density at radius 3 is 2.60 bits per heavy atom. The Kier molecular flexibility index (Phi) is 5.75. The van der Waals surface area contributed by atoms with Crippen LogP contribution in [0, 0.1) is 5.82 Å². The van der Waals surface area contributed by atoms with Crippen LogP contribution in [-0.4, -0.2) is 23.8 Å². The van der Waals surface area contributed by atoms with Crippen LogP contribution in [0.5, 0.6) is 0 Å². The van der Waals surface area contributed by atoms with E-state index in [1.165, 1.54) is 12.1 Å². The van der Waals surface area contributed by atoms with E-state index in [2.05, 4.69) is 5.16 Å². The average molecular weight is 294 g/mol. The molecule has 0 aliphatic rings. The lowest BCUT2D eigenvalue weighted by atomic mass is 10.1. The first-order valence-corrected chi connectivity index (χ1v) is 5.74. The molecule has 8 heteroatoms. The Balaban J connectivity index is 2.45. The van der Waals surface area contributed by atoms with Crippen LogP contribution in [0.4, 0.5) is 17.6 Å². The van der Waals surface area contributed by atoms with Crippen molar-refractivity contribution in [1.82, 2.24) is 0 Å². The van der Waals surface area contributed by atoms with Gasteiger partial charge in [0.05, 0.1) is 6.61 Å². The van der Waals surface area contributed by atoms with Crippen molar-refractivity contribution in [2.24, 2.45) is 10.9 Å². The van der Waals surface area contributed by atoms with Gasteiger partial charge in [0, 0.05) is 24.2 Å². The molecule has 0 saturated heterocycles. The molecule has 3 N–H and O–H groups in total. The first-order valence-electron chi connectivity index (χ1n) is 5.74. The number of hydrogen-bond acceptors (Lipinski definition) is 3. The van der Waals surface area contributed by atoms with Gasteiger partial charge in [-0.15, -0.1) is 0 Å². The van der Waals surface area contributed by atoms with Crippen molar-refractivity contribution >= 4 is 5.84 Å². The number of benzene rings is 1. The Morgan fingerprint density at radius 2 is 2.05 bits per heavy atom. The van der Waals surface area contributed by atoms with Crippen molar-refractivity contribution in [2.75, 3.05) is 6.61 Å². The van der Waals surface area contributed by atoms with Crippen LogP contribution >= 0.6 is 0 Å². The normalized spacial score (nSPS) is 12.7. The summed E-state index contributed by atoms with van der Waals surface area (Å²) in [6.45, 7) is -0.249. The Labute approximate surface area is 112 Å². The first kappa shape index (κ1) is 16.2. The van der Waals surface area contributed by atoms with Gasteiger partial charge in [-0.25, -0.2) is 4.39 Å². The smallest absolute Gasteiger partial charge is 0.389 e. The summed E-state index contributed by atoms with van der Waals surface area (Å²) < 4.78 is 54.2. The molecule has 0 aromatic heterocycles. The predicted octanol–water partition coefficient (Wildman–Crippen LogP) is 2.78. The molecule has 1 aromatic rings. The molecular formula is C12H14F4N2O2. The summed E-state index contributed by atoms with van der Waals surface area (Å²) in [7, 11) is 0. The standard InChI is InChI=1S/C12H14F4N2O2/c13-10-6-8(11(17)18-19)2-3-9(10)7-20-5-1-4-12(14,15)16/h2-3,6,19H,1,4-5,7H2,(H2,17,18). The quantitative estimate of drug-likeness (QED) is 0.212. The van der Waals surface area contributed by atoms with Crippen molar-refractivity contribution in [2.45, 2.75) is 25.6 Å². The maximum absolute atomic E-state index is 13.6. The first-order chi connectivity index (χ1) is 9.33. The third kappa shape index (κ3) is 5.43. The van der Waals surface area contributed by atoms with E-state index in [1.807, 2.05) is 0 Å². The van der Waals surface area contributed by atoms with E-state index in [9.17, 15) is 17.6 Å². The lowest BCUT2D eigenvalue weighted by Gasteiger charge is -2.08. The molecule has 0 fully saturated rings. The Bertz CT molecular complexity index is 475. The minimum Gasteiger partial charge on any atom is -0.409 e. The average Bonchev–Trinajstić information content (AvgIpc) is 2.37. The number of ether oxygens (including phenoxy) is 1. The molecule has 0 spiro atoms. The molecule has 1 aromatic carbocycles. The van der Waals surface area contributed by atoms with Crippen LogP contribution in [0.3, 0.4) is 0 Å². The number of amidine groups is 1. The summed E-state index contributed by atoms with van der Waals surface area (Å²) in [4.78, 5) is 0. The molecule has 0 amide bonds. The molecule has 1 rings (SSSR count). The number of alkyl halides is 3. The van der Waals surface area contributed by atoms with E-state index in [-0.39, 0.29) is 36.6 Å². The highest BCUT2D eigenvalue weighted by atomic mass is 19.4. The van der Waals surface area contributed by atoms with E-state index in [0.717, 1.165) is 6.07 Å². The lowest BCUT2D eigenvalue weighted by Crippen LogP contribution is -2.13. The van der Waals surface area contributed by atoms with E-state index in [1.54, 1.807) is 0 Å². The fourth-order valence-corrected chi connectivity index (χ4v) is 1.44. The second-order valence-corrected chi connectivity index (χ2v) is 4.06. The van der Waals surface area contributed by atoms with Crippen molar-refractivity contribution < 1.29 is 27.5 Å². The summed E-state index contributed by atoms with van der Waals surface area (Å²) in [5.74, 6) is -0.869. The van der Waals surface area contributed by atoms with Gasteiger partial charge in [-0.2, -0.15) is 13.2 Å². The van der Waals surface area contributed by atoms with E-state index >= 15 is 0 Å². The maximum Gasteiger partial charge on any atom is 0.389 e. The van der Waals surface area contributed by atoms with Crippen LogP contribution in [-0.2, 0) is 11.3 Å². The van der Waals surface area contributed by atoms with Crippen LogP contribution in [0.2, 0.25) is 0 Å². The Morgan fingerprint density at radius 1 is 1.35 bits per heavy atom. The topological polar surface area (TPSA) is 67.8 Å². The number of nitrogens with two attached hydrogens (primary N) is 1. The summed E-state index contributed by atoms with van der Waals surface area (Å²) in [6.07, 6.45) is -5.32. The second kappa shape index (κ2) is 7.09. The zero-order chi connectivity index (χ0) is 15.2. The number of halogens is 4. The number of nitrogens with zero attached hydrogens (tertiary/aromatic N) is 1. The molecular weight excluding hydrogens is 280 g/mol. The molecule has 0 heterocycles. The van der Waals surface area contributed by atoms with Crippen molar-refractivity contribution in [3.63, 3.8) is 0 Å². The van der Waals surface area contributed by atoms with E-state index in [4.69, 9.17) is 15.7 Å². The summed E-state index contributed by atoms with van der Waals surface area (Å²) in [6, 6.07) is 3.85. The second-order valence-electron chi connectivity index (χ2n) is 4.06. The highest BCUT2D eigenvalue weighted by Gasteiger charge is 2.25. The molecule has 0 atom stereocenters. The van der Waals surface area contributed by atoms with Crippen LogP contribution in [0.1, 0.15) is 24.0 Å². The van der Waals surface area contributed by atoms with Crippen LogP contribution in [0.25, 0.3) is 0 Å². The van der Waals surface area contributed by atoms with Crippen LogP contribution < -0.4 is 5.73 Å². The zero-order valence-electron chi connectivity index (χ0n) is 10.5. The van der Waals surface area contributed by atoms with Gasteiger partial charge in [-0.3, -0.25) is 0 Å². The fourth-order valence-electron chi connectivity index (χ4n) is 1.44. The van der Waals surface area contributed by atoms with Gasteiger partial charge in [0.2, 0.25) is 0 Å². The monoisotopic (exact) mass is 294 g/mol. The summed E-state index contributed by atoms with van der Waals surface area (Å²) in [5, 5.41) is 11.2. The molecule has 0 radical (unpaired) electrons. The van der Waals surface area contributed by atoms with Gasteiger partial charge in [-0.05, 0) is 12.5 Å². The third-order valence-corrected chi connectivity index (χ3v) is 2.46. The Hall–Kier alpha value is -1.83. The lowest BCUT2D eigenvalue weighted by molar-refractivity contribution is -0.138. The summed E-state index contributed by atoms with van der Waals surface area (Å²) >= 11 is 0. The minimum atomic E-state index is -4.21. The number of hydrogen-bond donors (Lipinski definition) is 2. The molecule has 20 heavy (non-hydrogen) atoms. The van der Waals surface area contributed by atoms with Crippen LogP contribution in [0.15, 0.2) is 23.4 Å². The van der Waals surface area contributed by atoms with Gasteiger partial charge in [0.25, 0.3) is 0 Å². The highest BCUT2D eigenvalue weighted by molar-refractivity contribution is 5.97. The van der Waals surface area contributed by atoms with Crippen molar-refractivity contribution in [1.29, 1.82) is 0 Å². The van der Waals surface area contributed by atoms with Gasteiger partial charge in [-0.1, -0.05) is 17.3 Å².